The van der Waals surface area contributed by atoms with Gasteiger partial charge in [-0.05, 0) is 0 Å². The van der Waals surface area contributed by atoms with E-state index in [0.29, 0.717) is 0 Å². The van der Waals surface area contributed by atoms with E-state index < -0.39 is 109 Å². The molecule has 0 radical (unpaired) electrons. The van der Waals surface area contributed by atoms with Crippen molar-refractivity contribution in [1.82, 2.24) is 0 Å². The Morgan fingerprint density at radius 3 is 0.378 bits per heavy atom. The van der Waals surface area contributed by atoms with E-state index in [9.17, 15) is 59.4 Å². The molecule has 27 heteroatoms. The van der Waals surface area contributed by atoms with Crippen LogP contribution in [0.3, 0.4) is 0 Å². The second-order valence-corrected chi connectivity index (χ2v) is 7.53. The molecule has 0 aliphatic heterocycles. The SMILES string of the molecule is O=C([O-])[C@@H](O)[C@H](O)[C@H](O)[C@@H](O)C(=O)[O-].O=C([O-])[C@@H](O)[C@H](O)[C@H](O)[C@@H](O)C(=O)[O-].O=C([O-])[C@@H](O)[C@H](O)[C@H](O)[C@H](O)C(=O)[O-].[Ca+2].[Ca+2].[Ca+2]. The van der Waals surface area contributed by atoms with Crippen LogP contribution in [-0.2, 0) is 28.8 Å². The molecule has 0 spiro atoms. The smallest absolute Gasteiger partial charge is 0.547 e. The zero-order valence-corrected chi connectivity index (χ0v) is 28.9. The summed E-state index contributed by atoms with van der Waals surface area (Å²) in [5.41, 5.74) is 0. The predicted molar refractivity (Wildman–Crippen MR) is 119 cm³/mol. The Hall–Kier alpha value is 0.119. The molecular weight excluding hydrogens is 720 g/mol. The van der Waals surface area contributed by atoms with Crippen LogP contribution in [0.25, 0.3) is 0 Å². The molecule has 0 amide bonds. The molecule has 0 unspecified atom stereocenters. The first-order valence-electron chi connectivity index (χ1n) is 10.3. The van der Waals surface area contributed by atoms with Crippen LogP contribution >= 0.6 is 0 Å². The summed E-state index contributed by atoms with van der Waals surface area (Å²) >= 11 is 0. The second kappa shape index (κ2) is 28.0. The molecule has 0 aliphatic rings. The maximum Gasteiger partial charge on any atom is 2.00 e. The Kier molecular flexibility index (Phi) is 35.7. The third-order valence-corrected chi connectivity index (χ3v) is 4.44. The van der Waals surface area contributed by atoms with Crippen LogP contribution < -0.4 is 30.6 Å². The van der Waals surface area contributed by atoms with Crippen molar-refractivity contribution >= 4 is 149 Å². The second-order valence-electron chi connectivity index (χ2n) is 7.53. The van der Waals surface area contributed by atoms with E-state index in [1.807, 2.05) is 0 Å². The first kappa shape index (κ1) is 57.4. The zero-order chi connectivity index (χ0) is 34.4. The standard InChI is InChI=1S/3C6H10O8.3Ca/c3*7-1(3(9)5(11)12)2(8)4(10)6(13)14;;;/h3*1-4,7-10H,(H,11,12)(H,13,14);;;/q;;;3*+2/p-6/t2*1-,2+,3+,4-;1-,2+,3-,4-;;;/m..0.../s1. The van der Waals surface area contributed by atoms with Gasteiger partial charge in [0.2, 0.25) is 0 Å². The molecule has 0 aliphatic carbocycles. The Morgan fingerprint density at radius 2 is 0.333 bits per heavy atom. The van der Waals surface area contributed by atoms with Gasteiger partial charge in [0.25, 0.3) is 0 Å². The summed E-state index contributed by atoms with van der Waals surface area (Å²) in [6.07, 6.45) is -29.3. The molecule has 0 aromatic rings. The summed E-state index contributed by atoms with van der Waals surface area (Å²) in [6, 6.07) is 0. The average Bonchev–Trinajstić information content (AvgIpc) is 2.92. The number of hydrogen-bond acceptors (Lipinski definition) is 24. The van der Waals surface area contributed by atoms with Crippen LogP contribution in [0.4, 0.5) is 0 Å². The van der Waals surface area contributed by atoms with Crippen molar-refractivity contribution in [1.29, 1.82) is 0 Å². The van der Waals surface area contributed by atoms with Crippen LogP contribution in [0.1, 0.15) is 0 Å². The first-order chi connectivity index (χ1) is 18.9. The summed E-state index contributed by atoms with van der Waals surface area (Å²) in [5.74, 6) is -12.7. The van der Waals surface area contributed by atoms with Crippen molar-refractivity contribution in [2.45, 2.75) is 73.2 Å². The van der Waals surface area contributed by atoms with Gasteiger partial charge in [0.05, 0.1) is 35.8 Å². The van der Waals surface area contributed by atoms with Gasteiger partial charge in [0, 0.05) is 0 Å². The van der Waals surface area contributed by atoms with Crippen LogP contribution in [0.5, 0.6) is 0 Å². The van der Waals surface area contributed by atoms with Crippen molar-refractivity contribution in [3.8, 4) is 0 Å². The van der Waals surface area contributed by atoms with Crippen molar-refractivity contribution in [2.75, 3.05) is 0 Å². The van der Waals surface area contributed by atoms with E-state index in [1.54, 1.807) is 0 Å². The Bertz CT molecular complexity index is 736. The van der Waals surface area contributed by atoms with Gasteiger partial charge in [0.15, 0.2) is 0 Å². The number of hydrogen-bond donors (Lipinski definition) is 12. The summed E-state index contributed by atoms with van der Waals surface area (Å²) in [6.45, 7) is 0. The Balaban J connectivity index is -0.000000123. The van der Waals surface area contributed by atoms with Gasteiger partial charge in [-0.3, -0.25) is 0 Å². The van der Waals surface area contributed by atoms with Crippen molar-refractivity contribution in [3.63, 3.8) is 0 Å². The van der Waals surface area contributed by atoms with Gasteiger partial charge in [-0.1, -0.05) is 0 Å². The number of aliphatic hydroxyl groups excluding tert-OH is 12. The normalized spacial score (nSPS) is 18.1. The predicted octanol–water partition coefficient (Wildman–Crippen LogP) is -19.4. The van der Waals surface area contributed by atoms with E-state index in [4.69, 9.17) is 61.3 Å². The molecule has 0 fully saturated rings. The fraction of sp³-hybridized carbons (Fsp3) is 0.667. The molecule has 0 saturated carbocycles. The number of carboxylic acid groups (broad SMARTS) is 6. The maximum atomic E-state index is 9.96. The molecule has 0 heterocycles. The Labute approximate surface area is 339 Å². The number of rotatable bonds is 15. The van der Waals surface area contributed by atoms with Gasteiger partial charge in [-0.25, -0.2) is 0 Å². The fourth-order valence-corrected chi connectivity index (χ4v) is 1.96. The number of carbonyl (C=O) groups excluding carboxylic acids is 6. The molecule has 0 saturated heterocycles. The molecule has 0 aromatic carbocycles. The van der Waals surface area contributed by atoms with Crippen molar-refractivity contribution in [3.05, 3.63) is 0 Å². The number of aliphatic hydroxyl groups is 12. The van der Waals surface area contributed by atoms with E-state index in [-0.39, 0.29) is 113 Å². The summed E-state index contributed by atoms with van der Waals surface area (Å²) in [4.78, 5) is 59.8. The maximum absolute atomic E-state index is 9.96. The topological polar surface area (TPSA) is 484 Å². The fourth-order valence-electron chi connectivity index (χ4n) is 1.96. The molecule has 0 rings (SSSR count). The summed E-state index contributed by atoms with van der Waals surface area (Å²) in [5, 5.41) is 164. The van der Waals surface area contributed by atoms with Crippen LogP contribution in [0.2, 0.25) is 0 Å². The van der Waals surface area contributed by atoms with E-state index >= 15 is 0 Å². The zero-order valence-electron chi connectivity index (χ0n) is 22.3. The van der Waals surface area contributed by atoms with Gasteiger partial charge in [-0.2, -0.15) is 0 Å². The monoisotopic (exact) mass is 744 g/mol. The average molecular weight is 745 g/mol. The van der Waals surface area contributed by atoms with Crippen LogP contribution in [0.15, 0.2) is 0 Å². The quantitative estimate of drug-likeness (QED) is 0.0692. The molecule has 0 bridgehead atoms. The number of carboxylic acids is 6. The largest absolute Gasteiger partial charge is 2.00 e. The van der Waals surface area contributed by atoms with Gasteiger partial charge in [-0.15, -0.1) is 0 Å². The molecule has 45 heavy (non-hydrogen) atoms. The third kappa shape index (κ3) is 21.7. The first-order valence-corrected chi connectivity index (χ1v) is 10.3. The van der Waals surface area contributed by atoms with E-state index in [0.717, 1.165) is 0 Å². The number of carbonyl (C=O) groups is 6. The minimum absolute atomic E-state index is 0. The van der Waals surface area contributed by atoms with Gasteiger partial charge >= 0.3 is 113 Å². The van der Waals surface area contributed by atoms with Crippen LogP contribution in [-0.4, -0.2) is 284 Å². The van der Waals surface area contributed by atoms with E-state index in [1.165, 1.54) is 0 Å². The summed E-state index contributed by atoms with van der Waals surface area (Å²) in [7, 11) is 0. The van der Waals surface area contributed by atoms with Crippen molar-refractivity contribution < 1.29 is 121 Å². The summed E-state index contributed by atoms with van der Waals surface area (Å²) < 4.78 is 0. The molecular formula is C18H24Ca3O24. The molecule has 12 atom stereocenters. The minimum Gasteiger partial charge on any atom is -0.547 e. The number of aliphatic carboxylic acids is 6. The van der Waals surface area contributed by atoms with Gasteiger partial charge < -0.3 is 121 Å². The molecule has 246 valence electrons. The van der Waals surface area contributed by atoms with Crippen LogP contribution in [0, 0.1) is 0 Å². The van der Waals surface area contributed by atoms with E-state index in [2.05, 4.69) is 0 Å². The molecule has 24 nitrogen and oxygen atoms in total. The minimum atomic E-state index is -2.50. The Morgan fingerprint density at radius 1 is 0.267 bits per heavy atom. The van der Waals surface area contributed by atoms with Gasteiger partial charge in [0.1, 0.15) is 73.2 Å². The molecule has 0 aromatic heterocycles. The molecule has 12 N–H and O–H groups in total. The third-order valence-electron chi connectivity index (χ3n) is 4.44. The van der Waals surface area contributed by atoms with Crippen molar-refractivity contribution in [2.24, 2.45) is 0 Å².